The van der Waals surface area contributed by atoms with Crippen molar-refractivity contribution in [3.63, 3.8) is 0 Å². The molecular formula is C13H16FN3. The molecule has 0 aliphatic rings. The maximum Gasteiger partial charge on any atom is 0.123 e. The second kappa shape index (κ2) is 5.10. The van der Waals surface area contributed by atoms with Crippen LogP contribution in [0, 0.1) is 5.82 Å². The average molecular weight is 233 g/mol. The molecule has 2 N–H and O–H groups in total. The van der Waals surface area contributed by atoms with E-state index in [9.17, 15) is 4.39 Å². The summed E-state index contributed by atoms with van der Waals surface area (Å²) in [5.74, 6) is -0.238. The van der Waals surface area contributed by atoms with Gasteiger partial charge in [-0.15, -0.1) is 0 Å². The molecular weight excluding hydrogens is 217 g/mol. The first-order valence-corrected chi connectivity index (χ1v) is 5.72. The summed E-state index contributed by atoms with van der Waals surface area (Å²) in [6.45, 7) is 2.03. The Morgan fingerprint density at radius 2 is 2.06 bits per heavy atom. The fraction of sp³-hybridized carbons (Fsp3) is 0.308. The molecule has 2 aromatic rings. The third-order valence-electron chi connectivity index (χ3n) is 2.90. The molecule has 4 heteroatoms. The van der Waals surface area contributed by atoms with Crippen LogP contribution >= 0.6 is 0 Å². The minimum Gasteiger partial charge on any atom is -0.326 e. The van der Waals surface area contributed by atoms with Crippen LogP contribution in [-0.2, 0) is 0 Å². The van der Waals surface area contributed by atoms with Crippen LogP contribution in [0.25, 0.3) is 0 Å². The van der Waals surface area contributed by atoms with Gasteiger partial charge in [-0.1, -0.05) is 19.1 Å². The largest absolute Gasteiger partial charge is 0.326 e. The summed E-state index contributed by atoms with van der Waals surface area (Å²) >= 11 is 0. The van der Waals surface area contributed by atoms with E-state index in [1.807, 2.05) is 23.9 Å². The van der Waals surface area contributed by atoms with Gasteiger partial charge in [-0.25, -0.2) is 4.39 Å². The van der Waals surface area contributed by atoms with Gasteiger partial charge in [0, 0.05) is 18.4 Å². The van der Waals surface area contributed by atoms with Crippen LogP contribution in [0.3, 0.4) is 0 Å². The summed E-state index contributed by atoms with van der Waals surface area (Å²) in [4.78, 5) is 0. The van der Waals surface area contributed by atoms with Gasteiger partial charge >= 0.3 is 0 Å². The van der Waals surface area contributed by atoms with Gasteiger partial charge in [-0.3, -0.25) is 4.68 Å². The quantitative estimate of drug-likeness (QED) is 0.881. The molecule has 2 rings (SSSR count). The molecule has 0 aliphatic heterocycles. The predicted octanol–water partition coefficient (Wildman–Crippen LogP) is 2.35. The van der Waals surface area contributed by atoms with E-state index in [0.717, 1.165) is 12.0 Å². The van der Waals surface area contributed by atoms with Crippen LogP contribution in [0.5, 0.6) is 0 Å². The molecule has 1 aromatic carbocycles. The Morgan fingerprint density at radius 3 is 2.59 bits per heavy atom. The molecule has 90 valence electrons. The minimum absolute atomic E-state index is 0.0413. The van der Waals surface area contributed by atoms with Crippen molar-refractivity contribution in [2.24, 2.45) is 5.73 Å². The fourth-order valence-corrected chi connectivity index (χ4v) is 1.92. The molecule has 0 spiro atoms. The summed E-state index contributed by atoms with van der Waals surface area (Å²) in [7, 11) is 0. The smallest absolute Gasteiger partial charge is 0.123 e. The number of halogens is 1. The monoisotopic (exact) mass is 233 g/mol. The van der Waals surface area contributed by atoms with Crippen molar-refractivity contribution >= 4 is 0 Å². The van der Waals surface area contributed by atoms with E-state index in [2.05, 4.69) is 5.10 Å². The second-order valence-corrected chi connectivity index (χ2v) is 4.05. The molecule has 2 unspecified atom stereocenters. The van der Waals surface area contributed by atoms with Crippen molar-refractivity contribution in [3.8, 4) is 0 Å². The number of rotatable bonds is 4. The summed E-state index contributed by atoms with van der Waals surface area (Å²) in [5, 5.41) is 4.23. The minimum atomic E-state index is -0.238. The Bertz CT molecular complexity index is 450. The summed E-state index contributed by atoms with van der Waals surface area (Å²) in [6.07, 6.45) is 4.43. The highest BCUT2D eigenvalue weighted by Crippen LogP contribution is 2.22. The lowest BCUT2D eigenvalue weighted by Crippen LogP contribution is -2.32. The number of aromatic nitrogens is 2. The van der Waals surface area contributed by atoms with Crippen LogP contribution in [0.4, 0.5) is 4.39 Å². The zero-order valence-electron chi connectivity index (χ0n) is 9.75. The average Bonchev–Trinajstić information content (AvgIpc) is 2.85. The van der Waals surface area contributed by atoms with Crippen LogP contribution in [0.2, 0.25) is 0 Å². The van der Waals surface area contributed by atoms with Crippen molar-refractivity contribution < 1.29 is 4.39 Å². The van der Waals surface area contributed by atoms with E-state index in [4.69, 9.17) is 5.73 Å². The zero-order valence-corrected chi connectivity index (χ0v) is 9.75. The Balaban J connectivity index is 2.37. The Hall–Kier alpha value is -1.68. The van der Waals surface area contributed by atoms with Gasteiger partial charge in [-0.2, -0.15) is 5.10 Å². The molecule has 1 aromatic heterocycles. The maximum absolute atomic E-state index is 12.9. The normalized spacial score (nSPS) is 14.5. The van der Waals surface area contributed by atoms with Crippen LogP contribution < -0.4 is 5.73 Å². The predicted molar refractivity (Wildman–Crippen MR) is 65.0 cm³/mol. The van der Waals surface area contributed by atoms with E-state index in [-0.39, 0.29) is 17.9 Å². The molecule has 0 fully saturated rings. The van der Waals surface area contributed by atoms with Crippen molar-refractivity contribution in [2.45, 2.75) is 25.4 Å². The molecule has 0 radical (unpaired) electrons. The molecule has 0 saturated heterocycles. The Morgan fingerprint density at radius 1 is 1.35 bits per heavy atom. The SMILES string of the molecule is CCC(N)C(c1ccc(F)cc1)n1cccn1. The zero-order chi connectivity index (χ0) is 12.3. The van der Waals surface area contributed by atoms with Gasteiger partial charge < -0.3 is 5.73 Å². The lowest BCUT2D eigenvalue weighted by molar-refractivity contribution is 0.423. The maximum atomic E-state index is 12.9. The molecule has 3 nitrogen and oxygen atoms in total. The first-order valence-electron chi connectivity index (χ1n) is 5.72. The van der Waals surface area contributed by atoms with Gasteiger partial charge in [0.05, 0.1) is 6.04 Å². The molecule has 0 amide bonds. The number of hydrogen-bond acceptors (Lipinski definition) is 2. The Kier molecular flexibility index (Phi) is 3.54. The standard InChI is InChI=1S/C13H16FN3/c1-2-12(15)13(17-9-3-8-16-17)10-4-6-11(14)7-5-10/h3-9,12-13H,2,15H2,1H3. The summed E-state index contributed by atoms with van der Waals surface area (Å²) < 4.78 is 14.7. The molecule has 1 heterocycles. The van der Waals surface area contributed by atoms with Crippen molar-refractivity contribution in [3.05, 3.63) is 54.1 Å². The Labute approximate surface area is 100 Å². The van der Waals surface area contributed by atoms with Crippen LogP contribution in [-0.4, -0.2) is 15.8 Å². The third kappa shape index (κ3) is 2.53. The molecule has 0 saturated carbocycles. The molecule has 17 heavy (non-hydrogen) atoms. The molecule has 0 aliphatic carbocycles. The van der Waals surface area contributed by atoms with E-state index in [1.54, 1.807) is 18.3 Å². The fourth-order valence-electron chi connectivity index (χ4n) is 1.92. The first-order chi connectivity index (χ1) is 8.22. The highest BCUT2D eigenvalue weighted by Gasteiger charge is 2.20. The van der Waals surface area contributed by atoms with E-state index in [0.29, 0.717) is 0 Å². The van der Waals surface area contributed by atoms with Crippen LogP contribution in [0.15, 0.2) is 42.7 Å². The second-order valence-electron chi connectivity index (χ2n) is 4.05. The van der Waals surface area contributed by atoms with Gasteiger partial charge in [0.25, 0.3) is 0 Å². The van der Waals surface area contributed by atoms with Gasteiger partial charge in [-0.05, 0) is 30.2 Å². The molecule has 2 atom stereocenters. The summed E-state index contributed by atoms with van der Waals surface area (Å²) in [6, 6.07) is 8.20. The number of nitrogens with two attached hydrogens (primary N) is 1. The van der Waals surface area contributed by atoms with E-state index in [1.165, 1.54) is 12.1 Å². The first kappa shape index (κ1) is 11.8. The van der Waals surface area contributed by atoms with Crippen molar-refractivity contribution in [2.75, 3.05) is 0 Å². The van der Waals surface area contributed by atoms with Crippen molar-refractivity contribution in [1.82, 2.24) is 9.78 Å². The van der Waals surface area contributed by atoms with E-state index < -0.39 is 0 Å². The third-order valence-corrected chi connectivity index (χ3v) is 2.90. The lowest BCUT2D eigenvalue weighted by atomic mass is 9.98. The number of nitrogens with zero attached hydrogens (tertiary/aromatic N) is 2. The van der Waals surface area contributed by atoms with E-state index >= 15 is 0 Å². The summed E-state index contributed by atoms with van der Waals surface area (Å²) in [5.41, 5.74) is 7.10. The lowest BCUT2D eigenvalue weighted by Gasteiger charge is -2.23. The number of benzene rings is 1. The van der Waals surface area contributed by atoms with Crippen molar-refractivity contribution in [1.29, 1.82) is 0 Å². The van der Waals surface area contributed by atoms with Gasteiger partial charge in [0.2, 0.25) is 0 Å². The number of hydrogen-bond donors (Lipinski definition) is 1. The van der Waals surface area contributed by atoms with Crippen LogP contribution in [0.1, 0.15) is 24.9 Å². The highest BCUT2D eigenvalue weighted by molar-refractivity contribution is 5.22. The van der Waals surface area contributed by atoms with Gasteiger partial charge in [0.1, 0.15) is 5.82 Å². The highest BCUT2D eigenvalue weighted by atomic mass is 19.1. The topological polar surface area (TPSA) is 43.8 Å². The molecule has 0 bridgehead atoms. The van der Waals surface area contributed by atoms with Gasteiger partial charge in [0.15, 0.2) is 0 Å².